The molecule has 0 radical (unpaired) electrons. The minimum absolute atomic E-state index is 0.274. The molecule has 1 aliphatic heterocycles. The zero-order valence-corrected chi connectivity index (χ0v) is 14.5. The van der Waals surface area contributed by atoms with Crippen molar-refractivity contribution in [2.45, 2.75) is 19.3 Å². The van der Waals surface area contributed by atoms with E-state index < -0.39 is 0 Å². The van der Waals surface area contributed by atoms with Crippen molar-refractivity contribution in [3.63, 3.8) is 0 Å². The molecule has 1 N–H and O–H groups in total. The normalized spacial score (nSPS) is 14.1. The van der Waals surface area contributed by atoms with Crippen molar-refractivity contribution in [1.29, 1.82) is 0 Å². The van der Waals surface area contributed by atoms with Crippen LogP contribution in [0.5, 0.6) is 11.5 Å². The summed E-state index contributed by atoms with van der Waals surface area (Å²) in [5.74, 6) is 1.66. The van der Waals surface area contributed by atoms with E-state index in [4.69, 9.17) is 9.47 Å². The molecule has 1 fully saturated rings. The Morgan fingerprint density at radius 3 is 2.44 bits per heavy atom. The fraction of sp³-hybridized carbons (Fsp3) is 0.389. The molecule has 1 aliphatic rings. The number of hydrogen-bond acceptors (Lipinski definition) is 6. The maximum absolute atomic E-state index is 12.4. The third kappa shape index (κ3) is 3.99. The zero-order chi connectivity index (χ0) is 17.6. The van der Waals surface area contributed by atoms with Crippen LogP contribution in [0.2, 0.25) is 0 Å². The van der Waals surface area contributed by atoms with Gasteiger partial charge in [-0.2, -0.15) is 0 Å². The van der Waals surface area contributed by atoms with E-state index in [1.165, 1.54) is 25.5 Å². The second kappa shape index (κ2) is 7.83. The number of carbonyl (C=O) groups is 1. The number of benzene rings is 1. The number of nitrogens with one attached hydrogen (secondary N) is 1. The first-order valence-electron chi connectivity index (χ1n) is 8.31. The quantitative estimate of drug-likeness (QED) is 0.900. The third-order valence-electron chi connectivity index (χ3n) is 4.19. The second-order valence-electron chi connectivity index (χ2n) is 5.83. The van der Waals surface area contributed by atoms with Gasteiger partial charge in [-0.3, -0.25) is 4.79 Å². The first kappa shape index (κ1) is 17.0. The lowest BCUT2D eigenvalue weighted by Crippen LogP contribution is -2.30. The molecular formula is C18H22N4O3. The number of anilines is 2. The van der Waals surface area contributed by atoms with Gasteiger partial charge < -0.3 is 19.7 Å². The monoisotopic (exact) mass is 342 g/mol. The Balaban J connectivity index is 1.68. The Kier molecular flexibility index (Phi) is 5.33. The van der Waals surface area contributed by atoms with E-state index in [9.17, 15) is 4.79 Å². The Hall–Kier alpha value is -2.83. The smallest absolute Gasteiger partial charge is 0.275 e. The van der Waals surface area contributed by atoms with Gasteiger partial charge in [-0.25, -0.2) is 9.97 Å². The first-order valence-corrected chi connectivity index (χ1v) is 8.31. The lowest BCUT2D eigenvalue weighted by molar-refractivity contribution is 0.102. The van der Waals surface area contributed by atoms with Gasteiger partial charge >= 0.3 is 0 Å². The summed E-state index contributed by atoms with van der Waals surface area (Å²) in [4.78, 5) is 23.2. The Bertz CT molecular complexity index is 728. The highest BCUT2D eigenvalue weighted by atomic mass is 16.5. The average molecular weight is 342 g/mol. The van der Waals surface area contributed by atoms with E-state index >= 15 is 0 Å². The van der Waals surface area contributed by atoms with E-state index in [-0.39, 0.29) is 11.6 Å². The summed E-state index contributed by atoms with van der Waals surface area (Å²) in [6.45, 7) is 1.98. The molecule has 0 spiro atoms. The van der Waals surface area contributed by atoms with Crippen LogP contribution in [0.3, 0.4) is 0 Å². The summed E-state index contributed by atoms with van der Waals surface area (Å²) in [6, 6.07) is 5.18. The van der Waals surface area contributed by atoms with Gasteiger partial charge in [-0.1, -0.05) is 0 Å². The lowest BCUT2D eigenvalue weighted by atomic mass is 10.1. The van der Waals surface area contributed by atoms with Crippen LogP contribution in [0.25, 0.3) is 0 Å². The summed E-state index contributed by atoms with van der Waals surface area (Å²) in [6.07, 6.45) is 6.77. The highest BCUT2D eigenvalue weighted by Crippen LogP contribution is 2.29. The summed E-state index contributed by atoms with van der Waals surface area (Å²) in [5, 5.41) is 2.79. The number of rotatable bonds is 5. The molecule has 0 aliphatic carbocycles. The van der Waals surface area contributed by atoms with Crippen molar-refractivity contribution in [2.24, 2.45) is 0 Å². The largest absolute Gasteiger partial charge is 0.493 e. The van der Waals surface area contributed by atoms with Crippen LogP contribution in [0.4, 0.5) is 11.5 Å². The van der Waals surface area contributed by atoms with E-state index in [1.54, 1.807) is 38.6 Å². The molecule has 7 heteroatoms. The van der Waals surface area contributed by atoms with Gasteiger partial charge in [-0.05, 0) is 31.4 Å². The molecule has 132 valence electrons. The Morgan fingerprint density at radius 2 is 1.80 bits per heavy atom. The van der Waals surface area contributed by atoms with Crippen molar-refractivity contribution in [1.82, 2.24) is 9.97 Å². The number of methoxy groups -OCH3 is 2. The van der Waals surface area contributed by atoms with E-state index in [0.29, 0.717) is 17.2 Å². The van der Waals surface area contributed by atoms with Gasteiger partial charge in [0, 0.05) is 24.8 Å². The molecule has 2 aromatic rings. The number of carbonyl (C=O) groups excluding carboxylic acids is 1. The maximum atomic E-state index is 12.4. The fourth-order valence-corrected chi connectivity index (χ4v) is 2.83. The van der Waals surface area contributed by atoms with Crippen molar-refractivity contribution < 1.29 is 14.3 Å². The molecule has 0 unspecified atom stereocenters. The van der Waals surface area contributed by atoms with Gasteiger partial charge in [0.05, 0.1) is 26.6 Å². The fourth-order valence-electron chi connectivity index (χ4n) is 2.83. The van der Waals surface area contributed by atoms with Gasteiger partial charge in [0.2, 0.25) is 0 Å². The molecule has 0 bridgehead atoms. The summed E-state index contributed by atoms with van der Waals surface area (Å²) in [5.41, 5.74) is 0.875. The van der Waals surface area contributed by atoms with Gasteiger partial charge in [0.1, 0.15) is 11.5 Å². The van der Waals surface area contributed by atoms with E-state index in [1.807, 2.05) is 0 Å². The topological polar surface area (TPSA) is 76.6 Å². The van der Waals surface area contributed by atoms with E-state index in [0.717, 1.165) is 18.9 Å². The Morgan fingerprint density at radius 1 is 1.04 bits per heavy atom. The highest BCUT2D eigenvalue weighted by Gasteiger charge is 2.15. The molecular weight excluding hydrogens is 320 g/mol. The van der Waals surface area contributed by atoms with Crippen molar-refractivity contribution in [3.8, 4) is 11.5 Å². The SMILES string of the molecule is COc1ccc(NC(=O)c2cnc(N3CCCCC3)cn2)cc1OC. The lowest BCUT2D eigenvalue weighted by Gasteiger charge is -2.27. The highest BCUT2D eigenvalue weighted by molar-refractivity contribution is 6.02. The predicted molar refractivity (Wildman–Crippen MR) is 95.6 cm³/mol. The van der Waals surface area contributed by atoms with Gasteiger partial charge in [0.25, 0.3) is 5.91 Å². The number of piperidine rings is 1. The molecule has 1 aromatic heterocycles. The average Bonchev–Trinajstić information content (AvgIpc) is 2.68. The van der Waals surface area contributed by atoms with Crippen LogP contribution in [0, 0.1) is 0 Å². The number of nitrogens with zero attached hydrogens (tertiary/aromatic N) is 3. The van der Waals surface area contributed by atoms with Crippen LogP contribution >= 0.6 is 0 Å². The van der Waals surface area contributed by atoms with Crippen LogP contribution in [-0.4, -0.2) is 43.2 Å². The van der Waals surface area contributed by atoms with Crippen molar-refractivity contribution in [3.05, 3.63) is 36.3 Å². The third-order valence-corrected chi connectivity index (χ3v) is 4.19. The van der Waals surface area contributed by atoms with Crippen LogP contribution < -0.4 is 19.7 Å². The zero-order valence-electron chi connectivity index (χ0n) is 14.5. The molecule has 7 nitrogen and oxygen atoms in total. The van der Waals surface area contributed by atoms with Crippen molar-refractivity contribution >= 4 is 17.4 Å². The summed E-state index contributed by atoms with van der Waals surface area (Å²) < 4.78 is 10.4. The summed E-state index contributed by atoms with van der Waals surface area (Å²) >= 11 is 0. The molecule has 0 atom stereocenters. The van der Waals surface area contributed by atoms with Gasteiger partial charge in [-0.15, -0.1) is 0 Å². The number of amides is 1. The first-order chi connectivity index (χ1) is 12.2. The molecule has 1 saturated heterocycles. The van der Waals surface area contributed by atoms with Crippen molar-refractivity contribution in [2.75, 3.05) is 37.5 Å². The molecule has 1 amide bonds. The molecule has 25 heavy (non-hydrogen) atoms. The minimum Gasteiger partial charge on any atom is -0.493 e. The molecule has 2 heterocycles. The second-order valence-corrected chi connectivity index (χ2v) is 5.83. The number of aromatic nitrogens is 2. The molecule has 0 saturated carbocycles. The maximum Gasteiger partial charge on any atom is 0.275 e. The van der Waals surface area contributed by atoms with Crippen LogP contribution in [0.15, 0.2) is 30.6 Å². The number of hydrogen-bond donors (Lipinski definition) is 1. The molecule has 3 rings (SSSR count). The standard InChI is InChI=1S/C18H22N4O3/c1-24-15-7-6-13(10-16(15)25-2)21-18(23)14-11-20-17(12-19-14)22-8-4-3-5-9-22/h6-7,10-12H,3-5,8-9H2,1-2H3,(H,21,23). The minimum atomic E-state index is -0.315. The van der Waals surface area contributed by atoms with Gasteiger partial charge in [0.15, 0.2) is 11.5 Å². The van der Waals surface area contributed by atoms with E-state index in [2.05, 4.69) is 20.2 Å². The Labute approximate surface area is 147 Å². The number of ether oxygens (including phenoxy) is 2. The molecule has 1 aromatic carbocycles. The van der Waals surface area contributed by atoms with Crippen LogP contribution in [0.1, 0.15) is 29.8 Å². The predicted octanol–water partition coefficient (Wildman–Crippen LogP) is 2.74. The van der Waals surface area contributed by atoms with Crippen LogP contribution in [-0.2, 0) is 0 Å². The summed E-state index contributed by atoms with van der Waals surface area (Å²) in [7, 11) is 3.11.